The van der Waals surface area contributed by atoms with Crippen LogP contribution in [0.15, 0.2) is 122 Å². The van der Waals surface area contributed by atoms with Crippen molar-refractivity contribution in [1.29, 1.82) is 0 Å². The summed E-state index contributed by atoms with van der Waals surface area (Å²) in [6.07, 6.45) is 5.26. The van der Waals surface area contributed by atoms with Crippen LogP contribution in [0.5, 0.6) is 0 Å². The minimum atomic E-state index is 0.846. The number of fused-ring (bicyclic) bond motifs is 11. The molecule has 4 aromatic heterocycles. The molecule has 0 unspecified atom stereocenters. The van der Waals surface area contributed by atoms with Crippen molar-refractivity contribution in [3.05, 3.63) is 122 Å². The van der Waals surface area contributed by atoms with Gasteiger partial charge in [0.15, 0.2) is 0 Å². The highest BCUT2D eigenvalue weighted by molar-refractivity contribution is 6.35. The highest BCUT2D eigenvalue weighted by Gasteiger charge is 2.26. The third kappa shape index (κ3) is 2.71. The minimum Gasteiger partial charge on any atom is -0.307 e. The van der Waals surface area contributed by atoms with E-state index in [9.17, 15) is 0 Å². The molecule has 0 radical (unpaired) electrons. The van der Waals surface area contributed by atoms with Gasteiger partial charge >= 0.3 is 0 Å². The van der Waals surface area contributed by atoms with Gasteiger partial charge in [-0.2, -0.15) is 0 Å². The van der Waals surface area contributed by atoms with E-state index in [0.717, 1.165) is 76.9 Å². The lowest BCUT2D eigenvalue weighted by Gasteiger charge is -2.14. The Hall–Kier alpha value is -5.62. The summed E-state index contributed by atoms with van der Waals surface area (Å²) in [6, 6.07) is 35.9. The number of rotatable bonds is 2. The number of para-hydroxylation sites is 4. The Morgan fingerprint density at radius 1 is 0.475 bits per heavy atom. The maximum absolute atomic E-state index is 4.90. The second-order valence-electron chi connectivity index (χ2n) is 9.99. The van der Waals surface area contributed by atoms with Crippen LogP contribution in [0.1, 0.15) is 0 Å². The third-order valence-corrected chi connectivity index (χ3v) is 7.94. The van der Waals surface area contributed by atoms with Gasteiger partial charge in [-0.3, -0.25) is 4.57 Å². The zero-order valence-corrected chi connectivity index (χ0v) is 21.2. The third-order valence-electron chi connectivity index (χ3n) is 7.94. The molecule has 0 N–H and O–H groups in total. The summed E-state index contributed by atoms with van der Waals surface area (Å²) in [5.41, 5.74) is 7.30. The number of aromatic nitrogens is 6. The normalized spacial score (nSPS) is 12.0. The molecule has 0 spiro atoms. The molecule has 0 saturated heterocycles. The number of hydrogen-bond donors (Lipinski definition) is 0. The standard InChI is InChI=1S/C34H20N6/c1-2-10-21(11-3-1)39-27-16-8-6-14-24(27)30-31-25(18-35-19-37-31)29-23-13-5-9-17-28(23)40(32(29)33(30)39)34-22-12-4-7-15-26(22)36-20-38-34/h1-20H. The molecule has 0 aliphatic carbocycles. The van der Waals surface area contributed by atoms with Crippen LogP contribution in [0.25, 0.3) is 76.9 Å². The summed E-state index contributed by atoms with van der Waals surface area (Å²) in [4.78, 5) is 18.9. The van der Waals surface area contributed by atoms with E-state index in [4.69, 9.17) is 9.97 Å². The average Bonchev–Trinajstić information content (AvgIpc) is 3.55. The fourth-order valence-corrected chi connectivity index (χ4v) is 6.39. The molecule has 0 fully saturated rings. The molecule has 0 aliphatic heterocycles. The Bertz CT molecular complexity index is 2430. The molecule has 9 aromatic rings. The van der Waals surface area contributed by atoms with Crippen LogP contribution in [-0.4, -0.2) is 29.1 Å². The second kappa shape index (κ2) is 7.94. The van der Waals surface area contributed by atoms with E-state index < -0.39 is 0 Å². The van der Waals surface area contributed by atoms with Gasteiger partial charge in [0.05, 0.1) is 33.1 Å². The van der Waals surface area contributed by atoms with Gasteiger partial charge in [0.1, 0.15) is 18.5 Å². The van der Waals surface area contributed by atoms with Crippen molar-refractivity contribution in [2.75, 3.05) is 0 Å². The number of nitrogens with zero attached hydrogens (tertiary/aromatic N) is 6. The molecule has 6 nitrogen and oxygen atoms in total. The molecule has 4 heterocycles. The average molecular weight is 513 g/mol. The van der Waals surface area contributed by atoms with Crippen molar-refractivity contribution < 1.29 is 0 Å². The van der Waals surface area contributed by atoms with Crippen LogP contribution >= 0.6 is 0 Å². The first-order valence-electron chi connectivity index (χ1n) is 13.2. The summed E-state index contributed by atoms with van der Waals surface area (Å²) >= 11 is 0. The first-order chi connectivity index (χ1) is 19.9. The molecule has 0 amide bonds. The highest BCUT2D eigenvalue weighted by Crippen LogP contribution is 2.46. The summed E-state index contributed by atoms with van der Waals surface area (Å²) in [6.45, 7) is 0. The Morgan fingerprint density at radius 3 is 1.95 bits per heavy atom. The molecule has 40 heavy (non-hydrogen) atoms. The van der Waals surface area contributed by atoms with E-state index in [1.165, 1.54) is 0 Å². The SMILES string of the molecule is c1ccc(-n2c3ccccc3c3c4ncncc4c4c5ccccc5n(-c5ncnc6ccccc56)c4c32)cc1. The highest BCUT2D eigenvalue weighted by atomic mass is 15.1. The van der Waals surface area contributed by atoms with E-state index in [-0.39, 0.29) is 0 Å². The van der Waals surface area contributed by atoms with Crippen molar-refractivity contribution in [2.45, 2.75) is 0 Å². The van der Waals surface area contributed by atoms with Gasteiger partial charge in [0.2, 0.25) is 0 Å². The summed E-state index contributed by atoms with van der Waals surface area (Å²) in [5, 5.41) is 6.51. The molecule has 0 bridgehead atoms. The van der Waals surface area contributed by atoms with Gasteiger partial charge in [0.25, 0.3) is 0 Å². The molecule has 186 valence electrons. The summed E-state index contributed by atoms with van der Waals surface area (Å²) in [5.74, 6) is 0.846. The predicted molar refractivity (Wildman–Crippen MR) is 161 cm³/mol. The molecule has 5 aromatic carbocycles. The van der Waals surface area contributed by atoms with E-state index in [2.05, 4.69) is 104 Å². The van der Waals surface area contributed by atoms with Crippen molar-refractivity contribution in [3.8, 4) is 11.5 Å². The smallest absolute Gasteiger partial charge is 0.149 e. The van der Waals surface area contributed by atoms with Crippen LogP contribution in [0.2, 0.25) is 0 Å². The lowest BCUT2D eigenvalue weighted by Crippen LogP contribution is -2.02. The Morgan fingerprint density at radius 2 is 1.12 bits per heavy atom. The Balaban J connectivity index is 1.67. The zero-order chi connectivity index (χ0) is 26.2. The molecule has 0 saturated carbocycles. The fourth-order valence-electron chi connectivity index (χ4n) is 6.39. The Kier molecular flexibility index (Phi) is 4.24. The van der Waals surface area contributed by atoms with Crippen LogP contribution in [0, 0.1) is 0 Å². The van der Waals surface area contributed by atoms with E-state index in [1.54, 1.807) is 12.7 Å². The number of hydrogen-bond acceptors (Lipinski definition) is 4. The predicted octanol–water partition coefficient (Wildman–Crippen LogP) is 7.77. The molecule has 6 heteroatoms. The van der Waals surface area contributed by atoms with Gasteiger partial charge in [-0.25, -0.2) is 19.9 Å². The minimum absolute atomic E-state index is 0.846. The van der Waals surface area contributed by atoms with E-state index in [0.29, 0.717) is 0 Å². The van der Waals surface area contributed by atoms with Crippen molar-refractivity contribution in [3.63, 3.8) is 0 Å². The topological polar surface area (TPSA) is 61.4 Å². The lowest BCUT2D eigenvalue weighted by atomic mass is 10.0. The molecule has 9 rings (SSSR count). The van der Waals surface area contributed by atoms with Gasteiger partial charge in [-0.15, -0.1) is 0 Å². The zero-order valence-electron chi connectivity index (χ0n) is 21.2. The largest absolute Gasteiger partial charge is 0.307 e. The van der Waals surface area contributed by atoms with Crippen LogP contribution < -0.4 is 0 Å². The molecule has 0 aliphatic rings. The van der Waals surface area contributed by atoms with Gasteiger partial charge < -0.3 is 4.57 Å². The monoisotopic (exact) mass is 512 g/mol. The van der Waals surface area contributed by atoms with Gasteiger partial charge in [0, 0.05) is 44.2 Å². The van der Waals surface area contributed by atoms with Crippen LogP contribution in [0.4, 0.5) is 0 Å². The second-order valence-corrected chi connectivity index (χ2v) is 9.99. The number of benzene rings is 5. The van der Waals surface area contributed by atoms with Crippen molar-refractivity contribution in [2.24, 2.45) is 0 Å². The van der Waals surface area contributed by atoms with Crippen LogP contribution in [-0.2, 0) is 0 Å². The lowest BCUT2D eigenvalue weighted by molar-refractivity contribution is 1.07. The van der Waals surface area contributed by atoms with Crippen molar-refractivity contribution in [1.82, 2.24) is 29.1 Å². The molecular formula is C34H20N6. The summed E-state index contributed by atoms with van der Waals surface area (Å²) < 4.78 is 4.68. The van der Waals surface area contributed by atoms with Crippen molar-refractivity contribution >= 4 is 65.4 Å². The van der Waals surface area contributed by atoms with E-state index in [1.807, 2.05) is 24.4 Å². The fraction of sp³-hybridized carbons (Fsp3) is 0. The molecular weight excluding hydrogens is 492 g/mol. The first kappa shape index (κ1) is 21.3. The van der Waals surface area contributed by atoms with Gasteiger partial charge in [-0.1, -0.05) is 66.7 Å². The molecule has 0 atom stereocenters. The van der Waals surface area contributed by atoms with Crippen LogP contribution in [0.3, 0.4) is 0 Å². The quantitative estimate of drug-likeness (QED) is 0.237. The first-order valence-corrected chi connectivity index (χ1v) is 13.2. The maximum Gasteiger partial charge on any atom is 0.149 e. The van der Waals surface area contributed by atoms with Gasteiger partial charge in [-0.05, 0) is 36.4 Å². The Labute approximate surface area is 227 Å². The summed E-state index contributed by atoms with van der Waals surface area (Å²) in [7, 11) is 0. The maximum atomic E-state index is 4.90. The van der Waals surface area contributed by atoms with E-state index >= 15 is 0 Å².